The summed E-state index contributed by atoms with van der Waals surface area (Å²) in [4.78, 5) is 31.7. The van der Waals surface area contributed by atoms with Gasteiger partial charge in [0.25, 0.3) is 0 Å². The van der Waals surface area contributed by atoms with Gasteiger partial charge in [-0.05, 0) is 41.3 Å². The molecule has 0 spiro atoms. The second kappa shape index (κ2) is 11.7. The number of hydrogen-bond donors (Lipinski definition) is 1. The molecule has 0 unspecified atom stereocenters. The van der Waals surface area contributed by atoms with Gasteiger partial charge in [-0.1, -0.05) is 58.9 Å². The van der Waals surface area contributed by atoms with Gasteiger partial charge < -0.3 is 15.1 Å². The smallest absolute Gasteiger partial charge is 0.321 e. The van der Waals surface area contributed by atoms with Crippen molar-refractivity contribution in [3.05, 3.63) is 65.5 Å². The van der Waals surface area contributed by atoms with Gasteiger partial charge in [-0.3, -0.25) is 9.69 Å². The molecule has 1 saturated heterocycles. The molecule has 3 rings (SSSR count). The van der Waals surface area contributed by atoms with E-state index in [4.69, 9.17) is 0 Å². The molecule has 1 aliphatic heterocycles. The minimum atomic E-state index is -0.496. The summed E-state index contributed by atoms with van der Waals surface area (Å²) < 4.78 is 13.3. The van der Waals surface area contributed by atoms with Gasteiger partial charge in [-0.2, -0.15) is 0 Å². The monoisotopic (exact) mass is 482 g/mol. The maximum Gasteiger partial charge on any atom is 0.321 e. The Morgan fingerprint density at radius 3 is 2.11 bits per heavy atom. The first-order chi connectivity index (χ1) is 16.5. The Labute approximate surface area is 209 Å². The molecule has 0 atom stereocenters. The van der Waals surface area contributed by atoms with Crippen LogP contribution in [0, 0.1) is 11.2 Å². The Morgan fingerprint density at radius 1 is 0.971 bits per heavy atom. The quantitative estimate of drug-likeness (QED) is 0.592. The number of amides is 3. The minimum Gasteiger partial charge on any atom is -0.337 e. The lowest BCUT2D eigenvalue weighted by Crippen LogP contribution is -2.52. The van der Waals surface area contributed by atoms with Crippen LogP contribution in [0.25, 0.3) is 0 Å². The molecule has 0 bridgehead atoms. The number of carbonyl (C=O) groups excluding carboxylic acids is 2. The molecule has 1 fully saturated rings. The van der Waals surface area contributed by atoms with Crippen LogP contribution in [0.1, 0.15) is 51.7 Å². The van der Waals surface area contributed by atoms with Crippen molar-refractivity contribution in [3.8, 4) is 0 Å². The van der Waals surface area contributed by atoms with Crippen molar-refractivity contribution < 1.29 is 14.0 Å². The Bertz CT molecular complexity index is 976. The molecule has 2 aromatic rings. The molecule has 7 heteroatoms. The van der Waals surface area contributed by atoms with Crippen molar-refractivity contribution in [2.45, 2.75) is 47.1 Å². The fourth-order valence-corrected chi connectivity index (χ4v) is 4.13. The average molecular weight is 483 g/mol. The lowest BCUT2D eigenvalue weighted by molar-refractivity contribution is -0.140. The molecule has 1 heterocycles. The Hall–Kier alpha value is -2.93. The van der Waals surface area contributed by atoms with E-state index in [1.54, 1.807) is 12.1 Å². The third-order valence-corrected chi connectivity index (χ3v) is 6.39. The summed E-state index contributed by atoms with van der Waals surface area (Å²) in [6.07, 6.45) is 0. The van der Waals surface area contributed by atoms with E-state index in [1.165, 1.54) is 17.7 Å². The highest BCUT2D eigenvalue weighted by molar-refractivity contribution is 5.89. The number of hydrogen-bond acceptors (Lipinski definition) is 3. The lowest BCUT2D eigenvalue weighted by Gasteiger charge is -2.36. The van der Waals surface area contributed by atoms with E-state index < -0.39 is 5.41 Å². The third kappa shape index (κ3) is 7.79. The summed E-state index contributed by atoms with van der Waals surface area (Å²) in [5, 5.41) is 2.99. The van der Waals surface area contributed by atoms with Crippen molar-refractivity contribution in [1.82, 2.24) is 14.7 Å². The van der Waals surface area contributed by atoms with Crippen molar-refractivity contribution in [2.24, 2.45) is 5.41 Å². The SMILES string of the molecule is CC(C)c1ccc(NC(=O)N2CCN(CCN(Cc3ccc(F)cc3)C(=O)C(C)(C)C)CC2)cc1. The molecule has 0 radical (unpaired) electrons. The van der Waals surface area contributed by atoms with Crippen LogP contribution in [0.2, 0.25) is 0 Å². The predicted molar refractivity (Wildman–Crippen MR) is 139 cm³/mol. The van der Waals surface area contributed by atoms with Gasteiger partial charge in [0.2, 0.25) is 5.91 Å². The van der Waals surface area contributed by atoms with E-state index in [9.17, 15) is 14.0 Å². The van der Waals surface area contributed by atoms with Crippen molar-refractivity contribution in [2.75, 3.05) is 44.6 Å². The highest BCUT2D eigenvalue weighted by Gasteiger charge is 2.28. The second-order valence-electron chi connectivity index (χ2n) is 10.6. The zero-order chi connectivity index (χ0) is 25.6. The summed E-state index contributed by atoms with van der Waals surface area (Å²) in [6.45, 7) is 14.6. The molecule has 35 heavy (non-hydrogen) atoms. The normalized spacial score (nSPS) is 14.8. The average Bonchev–Trinajstić information content (AvgIpc) is 2.82. The molecule has 1 N–H and O–H groups in total. The molecule has 6 nitrogen and oxygen atoms in total. The Kier molecular flexibility index (Phi) is 8.89. The van der Waals surface area contributed by atoms with Crippen molar-refractivity contribution in [1.29, 1.82) is 0 Å². The summed E-state index contributed by atoms with van der Waals surface area (Å²) in [7, 11) is 0. The summed E-state index contributed by atoms with van der Waals surface area (Å²) >= 11 is 0. The van der Waals surface area contributed by atoms with Gasteiger partial charge in [0.1, 0.15) is 5.82 Å². The van der Waals surface area contributed by atoms with Crippen LogP contribution in [-0.4, -0.2) is 65.9 Å². The van der Waals surface area contributed by atoms with Crippen LogP contribution in [0.3, 0.4) is 0 Å². The van der Waals surface area contributed by atoms with Crippen LogP contribution in [-0.2, 0) is 11.3 Å². The van der Waals surface area contributed by atoms with Gasteiger partial charge in [0.05, 0.1) is 0 Å². The Morgan fingerprint density at radius 2 is 1.57 bits per heavy atom. The number of anilines is 1. The number of carbonyl (C=O) groups is 2. The number of rotatable bonds is 7. The standard InChI is InChI=1S/C28H39FN4O2/c1-21(2)23-8-12-25(13-9-23)30-27(35)32-17-14-31(15-18-32)16-19-33(26(34)28(3,4)5)20-22-6-10-24(29)11-7-22/h6-13,21H,14-20H2,1-5H3,(H,30,35). The molecule has 3 amide bonds. The second-order valence-corrected chi connectivity index (χ2v) is 10.6. The maximum absolute atomic E-state index is 13.3. The highest BCUT2D eigenvalue weighted by Crippen LogP contribution is 2.20. The van der Waals surface area contributed by atoms with E-state index >= 15 is 0 Å². The first kappa shape index (κ1) is 26.7. The fourth-order valence-electron chi connectivity index (χ4n) is 4.13. The maximum atomic E-state index is 13.3. The number of nitrogens with one attached hydrogen (secondary N) is 1. The molecule has 2 aromatic carbocycles. The molecule has 190 valence electrons. The fraction of sp³-hybridized carbons (Fsp3) is 0.500. The van der Waals surface area contributed by atoms with Crippen LogP contribution in [0.15, 0.2) is 48.5 Å². The number of nitrogens with zero attached hydrogens (tertiary/aromatic N) is 3. The zero-order valence-electron chi connectivity index (χ0n) is 21.7. The molecule has 0 aliphatic carbocycles. The van der Waals surface area contributed by atoms with Crippen molar-refractivity contribution >= 4 is 17.6 Å². The van der Waals surface area contributed by atoms with Crippen LogP contribution in [0.4, 0.5) is 14.9 Å². The van der Waals surface area contributed by atoms with Gasteiger partial charge >= 0.3 is 6.03 Å². The van der Waals surface area contributed by atoms with Gasteiger partial charge in [0.15, 0.2) is 0 Å². The molecular formula is C28H39FN4O2. The van der Waals surface area contributed by atoms with Gasteiger partial charge in [-0.25, -0.2) is 9.18 Å². The lowest BCUT2D eigenvalue weighted by atomic mass is 9.94. The van der Waals surface area contributed by atoms with Crippen molar-refractivity contribution in [3.63, 3.8) is 0 Å². The molecule has 0 saturated carbocycles. The predicted octanol–water partition coefficient (Wildman–Crippen LogP) is 5.17. The van der Waals surface area contributed by atoms with E-state index in [0.29, 0.717) is 32.1 Å². The van der Waals surface area contributed by atoms with Crippen LogP contribution < -0.4 is 5.32 Å². The summed E-state index contributed by atoms with van der Waals surface area (Å²) in [5.74, 6) is 0.249. The number of benzene rings is 2. The minimum absolute atomic E-state index is 0.0725. The van der Waals surface area contributed by atoms with Gasteiger partial charge in [0, 0.05) is 56.9 Å². The number of piperazine rings is 1. The van der Waals surface area contributed by atoms with E-state index in [1.807, 2.05) is 42.7 Å². The summed E-state index contributed by atoms with van der Waals surface area (Å²) in [5.41, 5.74) is 2.46. The van der Waals surface area contributed by atoms with E-state index in [0.717, 1.165) is 30.9 Å². The summed E-state index contributed by atoms with van der Waals surface area (Å²) in [6, 6.07) is 14.2. The zero-order valence-corrected chi connectivity index (χ0v) is 21.7. The molecular weight excluding hydrogens is 443 g/mol. The first-order valence-corrected chi connectivity index (χ1v) is 12.4. The topological polar surface area (TPSA) is 55.9 Å². The largest absolute Gasteiger partial charge is 0.337 e. The third-order valence-electron chi connectivity index (χ3n) is 6.39. The Balaban J connectivity index is 1.50. The van der Waals surface area contributed by atoms with E-state index in [-0.39, 0.29) is 17.8 Å². The van der Waals surface area contributed by atoms with Gasteiger partial charge in [-0.15, -0.1) is 0 Å². The molecule has 0 aromatic heterocycles. The first-order valence-electron chi connectivity index (χ1n) is 12.4. The molecule has 1 aliphatic rings. The van der Waals surface area contributed by atoms with E-state index in [2.05, 4.69) is 36.2 Å². The number of urea groups is 1. The number of halogens is 1. The highest BCUT2D eigenvalue weighted by atomic mass is 19.1. The van der Waals surface area contributed by atoms with Crippen LogP contribution >= 0.6 is 0 Å². The van der Waals surface area contributed by atoms with Crippen LogP contribution in [0.5, 0.6) is 0 Å².